The molecule has 7 heteroatoms. The van der Waals surface area contributed by atoms with Gasteiger partial charge in [0.05, 0.1) is 0 Å². The van der Waals surface area contributed by atoms with E-state index in [-0.39, 0.29) is 0 Å². The molecule has 35 heavy (non-hydrogen) atoms. The molecule has 0 unspecified atom stereocenters. The molecule has 1 heterocycles. The van der Waals surface area contributed by atoms with E-state index in [2.05, 4.69) is 11.7 Å². The third-order valence-corrected chi connectivity index (χ3v) is 11.9. The number of aryl methyl sites for hydroxylation is 1. The molecule has 1 aromatic carbocycles. The molecule has 0 amide bonds. The summed E-state index contributed by atoms with van der Waals surface area (Å²) in [5, 5.41) is 0. The molecule has 3 rings (SSSR count). The van der Waals surface area contributed by atoms with Crippen LogP contribution in [-0.2, 0) is 6.42 Å². The maximum absolute atomic E-state index is 14.0. The molecule has 1 aliphatic carbocycles. The Hall–Kier alpha value is -1.37. The summed E-state index contributed by atoms with van der Waals surface area (Å²) >= 11 is 0. The Morgan fingerprint density at radius 1 is 0.857 bits per heavy atom. The van der Waals surface area contributed by atoms with Crippen LogP contribution in [0.25, 0.3) is 0 Å². The maximum atomic E-state index is 14.0. The summed E-state index contributed by atoms with van der Waals surface area (Å²) in [6.45, 7) is 2.29. The highest BCUT2D eigenvalue weighted by Crippen LogP contribution is 2.42. The van der Waals surface area contributed by atoms with Crippen molar-refractivity contribution in [2.24, 2.45) is 17.8 Å². The fraction of sp³-hybridized carbons (Fsp3) is 0.714. The van der Waals surface area contributed by atoms with Crippen LogP contribution in [0.5, 0.6) is 5.75 Å². The van der Waals surface area contributed by atoms with Crippen LogP contribution in [0.1, 0.15) is 89.5 Å². The second kappa shape index (κ2) is 14.4. The van der Waals surface area contributed by atoms with Crippen molar-refractivity contribution >= 4 is 8.80 Å². The molecule has 2 aliphatic rings. The van der Waals surface area contributed by atoms with E-state index in [0.29, 0.717) is 12.0 Å². The molecule has 2 fully saturated rings. The van der Waals surface area contributed by atoms with Gasteiger partial charge in [0.15, 0.2) is 11.6 Å². The molecule has 1 aliphatic heterocycles. The van der Waals surface area contributed by atoms with Crippen LogP contribution in [0.4, 0.5) is 22.0 Å². The third-order valence-electron chi connectivity index (χ3n) is 8.39. The third kappa shape index (κ3) is 8.90. The monoisotopic (exact) mass is 516 g/mol. The summed E-state index contributed by atoms with van der Waals surface area (Å²) in [4.78, 5) is 0. The maximum Gasteiger partial charge on any atom is 0.344 e. The molecule has 0 bridgehead atoms. The van der Waals surface area contributed by atoms with Gasteiger partial charge in [0.1, 0.15) is 0 Å². The summed E-state index contributed by atoms with van der Waals surface area (Å²) < 4.78 is 69.2. The van der Waals surface area contributed by atoms with E-state index in [0.717, 1.165) is 49.1 Å². The predicted octanol–water partition coefficient (Wildman–Crippen LogP) is 9.73. The highest BCUT2D eigenvalue weighted by atomic mass is 28.3. The molecule has 0 spiro atoms. The van der Waals surface area contributed by atoms with Gasteiger partial charge in [-0.1, -0.05) is 82.8 Å². The summed E-state index contributed by atoms with van der Waals surface area (Å²) in [7, 11) is -0.431. The zero-order chi connectivity index (χ0) is 25.2. The molecule has 0 aromatic heterocycles. The first-order chi connectivity index (χ1) is 16.9. The second-order valence-corrected chi connectivity index (χ2v) is 14.3. The molecule has 1 saturated heterocycles. The zero-order valence-electron chi connectivity index (χ0n) is 21.1. The number of benzene rings is 1. The molecular weight excluding hydrogens is 475 g/mol. The fourth-order valence-electron chi connectivity index (χ4n) is 6.32. The first-order valence-corrected chi connectivity index (χ1v) is 16.2. The molecule has 0 atom stereocenters. The van der Waals surface area contributed by atoms with Gasteiger partial charge in [-0.2, -0.15) is 13.2 Å². The lowest BCUT2D eigenvalue weighted by atomic mass is 9.73. The summed E-state index contributed by atoms with van der Waals surface area (Å²) in [6.07, 6.45) is 13.2. The standard InChI is InChI=1S/C28H41F5OSi/c1-2-3-6-15-35-16-13-23(14-17-35)22-11-9-20(10-12-22)7-4-5-8-21-18-24(29)26(25(30)19-21)34-28(33)27(31)32/h18-20,22-23,35H,2-17H2,1H3/t20-,22-,23?,35?. The van der Waals surface area contributed by atoms with Crippen molar-refractivity contribution in [2.75, 3.05) is 0 Å². The van der Waals surface area contributed by atoms with Crippen molar-refractivity contribution in [2.45, 2.75) is 109 Å². The first kappa shape index (κ1) is 28.2. The Balaban J connectivity index is 1.32. The van der Waals surface area contributed by atoms with Crippen molar-refractivity contribution in [1.82, 2.24) is 0 Å². The highest BCUT2D eigenvalue weighted by molar-refractivity contribution is 6.58. The van der Waals surface area contributed by atoms with Gasteiger partial charge in [0.25, 0.3) is 0 Å². The fourth-order valence-corrected chi connectivity index (χ4v) is 9.86. The Labute approximate surface area is 209 Å². The number of hydrogen-bond donors (Lipinski definition) is 0. The van der Waals surface area contributed by atoms with Crippen LogP contribution in [0, 0.1) is 29.4 Å². The quantitative estimate of drug-likeness (QED) is 0.116. The van der Waals surface area contributed by atoms with Gasteiger partial charge in [-0.3, -0.25) is 0 Å². The van der Waals surface area contributed by atoms with Gasteiger partial charge in [-0.05, 0) is 61.1 Å². The van der Waals surface area contributed by atoms with Crippen LogP contribution >= 0.6 is 0 Å². The van der Waals surface area contributed by atoms with E-state index in [9.17, 15) is 22.0 Å². The molecule has 0 radical (unpaired) electrons. The molecule has 1 aromatic rings. The lowest BCUT2D eigenvalue weighted by Gasteiger charge is -2.37. The van der Waals surface area contributed by atoms with Crippen molar-refractivity contribution in [1.29, 1.82) is 0 Å². The van der Waals surface area contributed by atoms with Gasteiger partial charge >= 0.3 is 12.1 Å². The van der Waals surface area contributed by atoms with Gasteiger partial charge in [-0.15, -0.1) is 0 Å². The van der Waals surface area contributed by atoms with E-state index >= 15 is 0 Å². The lowest BCUT2D eigenvalue weighted by molar-refractivity contribution is 0.184. The van der Waals surface area contributed by atoms with E-state index in [1.165, 1.54) is 57.8 Å². The van der Waals surface area contributed by atoms with Gasteiger partial charge in [0.2, 0.25) is 5.75 Å². The van der Waals surface area contributed by atoms with Crippen molar-refractivity contribution in [3.63, 3.8) is 0 Å². The lowest BCUT2D eigenvalue weighted by Crippen LogP contribution is -2.28. The molecule has 1 saturated carbocycles. The van der Waals surface area contributed by atoms with Crippen molar-refractivity contribution in [3.8, 4) is 5.75 Å². The van der Waals surface area contributed by atoms with Crippen LogP contribution in [0.2, 0.25) is 18.1 Å². The van der Waals surface area contributed by atoms with Gasteiger partial charge in [-0.25, -0.2) is 8.78 Å². The average molecular weight is 517 g/mol. The number of rotatable bonds is 12. The van der Waals surface area contributed by atoms with E-state index in [1.807, 2.05) is 0 Å². The minimum absolute atomic E-state index is 0.426. The van der Waals surface area contributed by atoms with Crippen molar-refractivity contribution < 1.29 is 26.7 Å². The van der Waals surface area contributed by atoms with Crippen LogP contribution in [0.15, 0.2) is 24.2 Å². The predicted molar refractivity (Wildman–Crippen MR) is 134 cm³/mol. The molecule has 0 N–H and O–H groups in total. The smallest absolute Gasteiger partial charge is 0.344 e. The topological polar surface area (TPSA) is 9.23 Å². The number of ether oxygens (including phenoxy) is 1. The van der Waals surface area contributed by atoms with E-state index in [4.69, 9.17) is 0 Å². The summed E-state index contributed by atoms with van der Waals surface area (Å²) in [5.74, 6) is -0.842. The number of halogens is 5. The molecular formula is C28H41F5OSi. The summed E-state index contributed by atoms with van der Waals surface area (Å²) in [5.41, 5.74) is 0.426. The minimum Gasteiger partial charge on any atom is -0.422 e. The Bertz CT molecular complexity index is 787. The van der Waals surface area contributed by atoms with Crippen LogP contribution in [0.3, 0.4) is 0 Å². The Morgan fingerprint density at radius 2 is 1.49 bits per heavy atom. The number of hydrogen-bond acceptors (Lipinski definition) is 1. The molecule has 198 valence electrons. The van der Waals surface area contributed by atoms with Crippen LogP contribution < -0.4 is 4.74 Å². The average Bonchev–Trinajstić information content (AvgIpc) is 2.85. The van der Waals surface area contributed by atoms with E-state index in [1.54, 1.807) is 18.1 Å². The second-order valence-electron chi connectivity index (χ2n) is 10.8. The first-order valence-electron chi connectivity index (χ1n) is 13.7. The zero-order valence-corrected chi connectivity index (χ0v) is 22.2. The van der Waals surface area contributed by atoms with Crippen LogP contribution in [-0.4, -0.2) is 8.80 Å². The highest BCUT2D eigenvalue weighted by Gasteiger charge is 2.31. The Morgan fingerprint density at radius 3 is 2.09 bits per heavy atom. The van der Waals surface area contributed by atoms with Gasteiger partial charge in [0, 0.05) is 8.80 Å². The van der Waals surface area contributed by atoms with Crippen molar-refractivity contribution in [3.05, 3.63) is 41.4 Å². The van der Waals surface area contributed by atoms with Gasteiger partial charge < -0.3 is 4.74 Å². The normalized spacial score (nSPS) is 24.9. The SMILES string of the molecule is CCCCC[SiH]1CCC([C@H]2CC[C@H](CCCCc3cc(F)c(OC(F)=C(F)F)c(F)c3)CC2)CC1. The Kier molecular flexibility index (Phi) is 11.6. The molecule has 1 nitrogen and oxygen atoms in total. The summed E-state index contributed by atoms with van der Waals surface area (Å²) in [6, 6.07) is 4.49. The number of unbranched alkanes of at least 4 members (excludes halogenated alkanes) is 3. The minimum atomic E-state index is -2.76. The van der Waals surface area contributed by atoms with E-state index < -0.39 is 38.3 Å². The largest absolute Gasteiger partial charge is 0.422 e.